The number of H-pyrrole nitrogens is 1. The number of fused-ring (bicyclic) bond motifs is 2. The van der Waals surface area contributed by atoms with E-state index in [-0.39, 0.29) is 0 Å². The van der Waals surface area contributed by atoms with Crippen LogP contribution in [0.5, 0.6) is 0 Å². The van der Waals surface area contributed by atoms with Crippen molar-refractivity contribution in [2.24, 2.45) is 0 Å². The van der Waals surface area contributed by atoms with Crippen LogP contribution in [0.2, 0.25) is 0 Å². The van der Waals surface area contributed by atoms with Crippen LogP contribution in [0.1, 0.15) is 24.8 Å². The molecule has 3 unspecified atom stereocenters. The average Bonchev–Trinajstić information content (AvgIpc) is 3.22. The minimum Gasteiger partial charge on any atom is -0.373 e. The van der Waals surface area contributed by atoms with E-state index in [1.54, 1.807) is 0 Å². The van der Waals surface area contributed by atoms with E-state index in [0.29, 0.717) is 18.2 Å². The zero-order chi connectivity index (χ0) is 13.4. The number of hydrogen-bond acceptors (Lipinski definition) is 3. The Morgan fingerprint density at radius 1 is 1.25 bits per heavy atom. The van der Waals surface area contributed by atoms with E-state index in [2.05, 4.69) is 39.8 Å². The lowest BCUT2D eigenvalue weighted by Crippen LogP contribution is -2.37. The first-order valence-electron chi connectivity index (χ1n) is 7.36. The van der Waals surface area contributed by atoms with Gasteiger partial charge in [-0.2, -0.15) is 5.10 Å². The highest BCUT2D eigenvalue weighted by Gasteiger charge is 2.40. The Morgan fingerprint density at radius 3 is 2.90 bits per heavy atom. The summed E-state index contributed by atoms with van der Waals surface area (Å²) in [5.74, 6) is 0. The molecule has 2 aliphatic rings. The molecule has 2 aliphatic heterocycles. The smallest absolute Gasteiger partial charge is 0.0733 e. The van der Waals surface area contributed by atoms with Gasteiger partial charge in [0, 0.05) is 18.2 Å². The number of nitrogens with zero attached hydrogens (tertiary/aromatic N) is 1. The Morgan fingerprint density at radius 2 is 2.15 bits per heavy atom. The first kappa shape index (κ1) is 12.1. The molecule has 0 amide bonds. The van der Waals surface area contributed by atoms with Gasteiger partial charge in [-0.3, -0.25) is 5.10 Å². The Hall–Kier alpha value is -1.65. The van der Waals surface area contributed by atoms with Crippen LogP contribution >= 0.6 is 0 Å². The fraction of sp³-hybridized carbons (Fsp3) is 0.438. The second-order valence-electron chi connectivity index (χ2n) is 5.73. The largest absolute Gasteiger partial charge is 0.373 e. The third-order valence-corrected chi connectivity index (χ3v) is 4.44. The zero-order valence-electron chi connectivity index (χ0n) is 11.4. The molecule has 4 rings (SSSR count). The van der Waals surface area contributed by atoms with Gasteiger partial charge < -0.3 is 10.1 Å². The van der Waals surface area contributed by atoms with Crippen LogP contribution in [-0.4, -0.2) is 28.4 Å². The maximum atomic E-state index is 5.88. The highest BCUT2D eigenvalue weighted by Crippen LogP contribution is 2.34. The summed E-state index contributed by atoms with van der Waals surface area (Å²) in [6.45, 7) is 0.845. The summed E-state index contributed by atoms with van der Waals surface area (Å²) in [7, 11) is 0. The van der Waals surface area contributed by atoms with Crippen LogP contribution in [0.25, 0.3) is 11.3 Å². The molecule has 2 fully saturated rings. The Bertz CT molecular complexity index is 580. The number of nitrogens with one attached hydrogen (secondary N) is 2. The summed E-state index contributed by atoms with van der Waals surface area (Å²) in [4.78, 5) is 0. The van der Waals surface area contributed by atoms with Crippen molar-refractivity contribution in [3.8, 4) is 11.3 Å². The van der Waals surface area contributed by atoms with Gasteiger partial charge in [-0.15, -0.1) is 0 Å². The van der Waals surface area contributed by atoms with Crippen LogP contribution < -0.4 is 5.32 Å². The maximum absolute atomic E-state index is 5.88. The number of benzene rings is 1. The summed E-state index contributed by atoms with van der Waals surface area (Å²) < 4.78 is 5.88. The third-order valence-electron chi connectivity index (χ3n) is 4.44. The lowest BCUT2D eigenvalue weighted by atomic mass is 9.95. The van der Waals surface area contributed by atoms with Crippen LogP contribution in [-0.2, 0) is 11.3 Å². The van der Waals surface area contributed by atoms with Crippen molar-refractivity contribution in [3.63, 3.8) is 0 Å². The maximum Gasteiger partial charge on any atom is 0.0733 e. The second-order valence-corrected chi connectivity index (χ2v) is 5.73. The normalized spacial score (nSPS) is 28.1. The van der Waals surface area contributed by atoms with Crippen molar-refractivity contribution in [3.05, 3.63) is 42.1 Å². The molecule has 0 radical (unpaired) electrons. The number of aromatic nitrogens is 2. The molecule has 2 N–H and O–H groups in total. The third kappa shape index (κ3) is 2.15. The quantitative estimate of drug-likeness (QED) is 0.896. The van der Waals surface area contributed by atoms with Crippen molar-refractivity contribution in [2.45, 2.75) is 44.1 Å². The molecule has 2 bridgehead atoms. The first-order chi connectivity index (χ1) is 9.90. The van der Waals surface area contributed by atoms with Gasteiger partial charge in [-0.25, -0.2) is 0 Å². The average molecular weight is 269 g/mol. The van der Waals surface area contributed by atoms with E-state index in [9.17, 15) is 0 Å². The predicted octanol–water partition coefficient (Wildman–Crippen LogP) is 2.49. The SMILES string of the molecule is c1ccc(-c2[nH]ncc2CNC2CC3CCC2O3)cc1. The van der Waals surface area contributed by atoms with Crippen molar-refractivity contribution in [1.29, 1.82) is 0 Å². The van der Waals surface area contributed by atoms with E-state index in [4.69, 9.17) is 4.74 Å². The van der Waals surface area contributed by atoms with E-state index in [1.807, 2.05) is 12.3 Å². The van der Waals surface area contributed by atoms with Gasteiger partial charge in [0.15, 0.2) is 0 Å². The molecule has 0 saturated carbocycles. The Balaban J connectivity index is 1.46. The highest BCUT2D eigenvalue weighted by molar-refractivity contribution is 5.62. The fourth-order valence-corrected chi connectivity index (χ4v) is 3.39. The molecule has 20 heavy (non-hydrogen) atoms. The van der Waals surface area contributed by atoms with Crippen molar-refractivity contribution >= 4 is 0 Å². The summed E-state index contributed by atoms with van der Waals surface area (Å²) in [6, 6.07) is 10.9. The molecule has 0 aliphatic carbocycles. The van der Waals surface area contributed by atoms with Gasteiger partial charge >= 0.3 is 0 Å². The number of aromatic amines is 1. The summed E-state index contributed by atoms with van der Waals surface area (Å²) in [5, 5.41) is 10.9. The molecule has 1 aromatic heterocycles. The molecule has 2 saturated heterocycles. The first-order valence-corrected chi connectivity index (χ1v) is 7.36. The van der Waals surface area contributed by atoms with Crippen LogP contribution in [0.3, 0.4) is 0 Å². The number of rotatable bonds is 4. The molecule has 104 valence electrons. The van der Waals surface area contributed by atoms with Gasteiger partial charge in [0.1, 0.15) is 0 Å². The number of hydrogen-bond donors (Lipinski definition) is 2. The molecular formula is C16H19N3O. The monoisotopic (exact) mass is 269 g/mol. The molecule has 0 spiro atoms. The van der Waals surface area contributed by atoms with E-state index in [0.717, 1.165) is 18.7 Å². The van der Waals surface area contributed by atoms with Gasteiger partial charge in [0.2, 0.25) is 0 Å². The Labute approximate surface area is 118 Å². The molecule has 4 nitrogen and oxygen atoms in total. The lowest BCUT2D eigenvalue weighted by molar-refractivity contribution is 0.0973. The zero-order valence-corrected chi connectivity index (χ0v) is 11.4. The van der Waals surface area contributed by atoms with Crippen LogP contribution in [0, 0.1) is 0 Å². The fourth-order valence-electron chi connectivity index (χ4n) is 3.39. The molecule has 2 aromatic rings. The standard InChI is InChI=1S/C16H19N3O/c1-2-4-11(5-3-1)16-12(10-18-19-16)9-17-14-8-13-6-7-15(14)20-13/h1-5,10,13-15,17H,6-9H2,(H,18,19). The topological polar surface area (TPSA) is 49.9 Å². The van der Waals surface area contributed by atoms with Crippen LogP contribution in [0.15, 0.2) is 36.5 Å². The van der Waals surface area contributed by atoms with Gasteiger partial charge in [-0.1, -0.05) is 30.3 Å². The minimum atomic E-state index is 0.423. The number of ether oxygens (including phenoxy) is 1. The van der Waals surface area contributed by atoms with E-state index < -0.39 is 0 Å². The van der Waals surface area contributed by atoms with Gasteiger partial charge in [-0.05, 0) is 24.8 Å². The minimum absolute atomic E-state index is 0.423. The second kappa shape index (κ2) is 5.04. The highest BCUT2D eigenvalue weighted by atomic mass is 16.5. The molecule has 3 heterocycles. The summed E-state index contributed by atoms with van der Waals surface area (Å²) in [6.07, 6.45) is 6.44. The van der Waals surface area contributed by atoms with E-state index >= 15 is 0 Å². The van der Waals surface area contributed by atoms with Crippen molar-refractivity contribution < 1.29 is 4.74 Å². The van der Waals surface area contributed by atoms with Gasteiger partial charge in [0.05, 0.1) is 24.1 Å². The van der Waals surface area contributed by atoms with Gasteiger partial charge in [0.25, 0.3) is 0 Å². The molecule has 1 aromatic carbocycles. The lowest BCUT2D eigenvalue weighted by Gasteiger charge is -2.20. The van der Waals surface area contributed by atoms with Crippen molar-refractivity contribution in [1.82, 2.24) is 15.5 Å². The van der Waals surface area contributed by atoms with Crippen molar-refractivity contribution in [2.75, 3.05) is 0 Å². The molecular weight excluding hydrogens is 250 g/mol. The summed E-state index contributed by atoms with van der Waals surface area (Å²) in [5.41, 5.74) is 3.52. The Kier molecular flexibility index (Phi) is 3.05. The molecule has 3 atom stereocenters. The van der Waals surface area contributed by atoms with Crippen LogP contribution in [0.4, 0.5) is 0 Å². The predicted molar refractivity (Wildman–Crippen MR) is 77.2 cm³/mol. The molecule has 4 heteroatoms. The summed E-state index contributed by atoms with van der Waals surface area (Å²) >= 11 is 0. The van der Waals surface area contributed by atoms with E-state index in [1.165, 1.54) is 24.0 Å².